The van der Waals surface area contributed by atoms with Gasteiger partial charge >= 0.3 is 0 Å². The normalized spacial score (nSPS) is 16.5. The predicted molar refractivity (Wildman–Crippen MR) is 69.0 cm³/mol. The zero-order chi connectivity index (χ0) is 13.5. The summed E-state index contributed by atoms with van der Waals surface area (Å²) in [5.41, 5.74) is 1.71. The van der Waals surface area contributed by atoms with Crippen LogP contribution in [0, 0.1) is 0 Å². The van der Waals surface area contributed by atoms with Crippen molar-refractivity contribution in [3.05, 3.63) is 41.5 Å². The summed E-state index contributed by atoms with van der Waals surface area (Å²) in [6.45, 7) is 1.42. The van der Waals surface area contributed by atoms with Crippen LogP contribution >= 0.6 is 0 Å². The van der Waals surface area contributed by atoms with Gasteiger partial charge in [0.05, 0.1) is 12.8 Å². The quantitative estimate of drug-likeness (QED) is 0.836. The highest BCUT2D eigenvalue weighted by atomic mass is 32.2. The largest absolute Gasteiger partial charge is 0.361 e. The molecule has 0 aliphatic carbocycles. The molecule has 0 fully saturated rings. The number of aromatic nitrogens is 2. The van der Waals surface area contributed by atoms with E-state index in [1.165, 1.54) is 10.6 Å². The minimum absolute atomic E-state index is 0.355. The van der Waals surface area contributed by atoms with E-state index < -0.39 is 10.0 Å². The first-order valence-corrected chi connectivity index (χ1v) is 7.91. The topological polar surface area (TPSA) is 68.3 Å². The molecule has 3 heterocycles. The molecular weight excluding hydrogens is 266 g/mol. The molecule has 0 saturated carbocycles. The average molecular weight is 281 g/mol. The molecule has 0 saturated heterocycles. The Balaban J connectivity index is 1.88. The zero-order valence-electron chi connectivity index (χ0n) is 10.6. The summed E-state index contributed by atoms with van der Waals surface area (Å²) in [5.74, 6) is 0.807. The molecule has 7 heteroatoms. The molecule has 1 aliphatic rings. The van der Waals surface area contributed by atoms with Gasteiger partial charge in [-0.2, -0.15) is 4.31 Å². The molecule has 0 bridgehead atoms. The van der Waals surface area contributed by atoms with E-state index in [4.69, 9.17) is 4.52 Å². The van der Waals surface area contributed by atoms with Crippen LogP contribution in [0.2, 0.25) is 0 Å². The van der Waals surface area contributed by atoms with Gasteiger partial charge in [-0.05, 0) is 12.1 Å². The summed E-state index contributed by atoms with van der Waals surface area (Å²) < 4.78 is 32.0. The second-order valence-corrected chi connectivity index (χ2v) is 6.72. The van der Waals surface area contributed by atoms with Gasteiger partial charge in [-0.1, -0.05) is 5.16 Å². The van der Waals surface area contributed by atoms with E-state index in [-0.39, 0.29) is 0 Å². The van der Waals surface area contributed by atoms with Gasteiger partial charge in [-0.3, -0.25) is 0 Å². The average Bonchev–Trinajstić information content (AvgIpc) is 2.98. The zero-order valence-corrected chi connectivity index (χ0v) is 11.4. The standard InChI is InChI=1S/C12H15N3O3S/c1-19(16,17)15-7-4-12-10(8-15)11(13-18-12)9-14-5-2-3-6-14/h2-3,5-6H,4,7-9H2,1H3. The minimum atomic E-state index is -3.17. The van der Waals surface area contributed by atoms with E-state index in [2.05, 4.69) is 5.16 Å². The van der Waals surface area contributed by atoms with Gasteiger partial charge in [0.1, 0.15) is 11.5 Å². The Morgan fingerprint density at radius 2 is 2.11 bits per heavy atom. The lowest BCUT2D eigenvalue weighted by Crippen LogP contribution is -2.35. The van der Waals surface area contributed by atoms with Crippen molar-refractivity contribution < 1.29 is 12.9 Å². The number of hydrogen-bond donors (Lipinski definition) is 0. The molecule has 102 valence electrons. The lowest BCUT2D eigenvalue weighted by atomic mass is 10.1. The van der Waals surface area contributed by atoms with Crippen LogP contribution in [0.3, 0.4) is 0 Å². The summed E-state index contributed by atoms with van der Waals surface area (Å²) in [5, 5.41) is 4.07. The molecule has 6 nitrogen and oxygen atoms in total. The van der Waals surface area contributed by atoms with Crippen molar-refractivity contribution in [2.75, 3.05) is 12.8 Å². The van der Waals surface area contributed by atoms with E-state index in [0.717, 1.165) is 17.0 Å². The molecule has 0 atom stereocenters. The van der Waals surface area contributed by atoms with E-state index in [0.29, 0.717) is 26.1 Å². The van der Waals surface area contributed by atoms with Crippen molar-refractivity contribution in [3.63, 3.8) is 0 Å². The predicted octanol–water partition coefficient (Wildman–Crippen LogP) is 0.842. The number of sulfonamides is 1. The fraction of sp³-hybridized carbons (Fsp3) is 0.417. The molecule has 0 radical (unpaired) electrons. The summed E-state index contributed by atoms with van der Waals surface area (Å²) in [4.78, 5) is 0. The van der Waals surface area contributed by atoms with Gasteiger partial charge in [0.25, 0.3) is 0 Å². The highest BCUT2D eigenvalue weighted by Gasteiger charge is 2.28. The fourth-order valence-corrected chi connectivity index (χ4v) is 3.08. The van der Waals surface area contributed by atoms with Crippen molar-refractivity contribution in [2.24, 2.45) is 0 Å². The van der Waals surface area contributed by atoms with Crippen molar-refractivity contribution >= 4 is 10.0 Å². The minimum Gasteiger partial charge on any atom is -0.361 e. The third-order valence-corrected chi connectivity index (χ3v) is 4.59. The maximum atomic E-state index is 11.6. The SMILES string of the molecule is CS(=O)(=O)N1CCc2onc(Cn3cccc3)c2C1. The summed E-state index contributed by atoms with van der Waals surface area (Å²) in [7, 11) is -3.17. The lowest BCUT2D eigenvalue weighted by molar-refractivity contribution is 0.331. The first-order chi connectivity index (χ1) is 9.04. The van der Waals surface area contributed by atoms with Crippen LogP contribution in [-0.2, 0) is 29.5 Å². The van der Waals surface area contributed by atoms with Crippen LogP contribution in [0.15, 0.2) is 29.0 Å². The molecular formula is C12H15N3O3S. The van der Waals surface area contributed by atoms with Gasteiger partial charge in [-0.15, -0.1) is 0 Å². The smallest absolute Gasteiger partial charge is 0.211 e. The molecule has 1 aliphatic heterocycles. The van der Waals surface area contributed by atoms with E-state index in [9.17, 15) is 8.42 Å². The Labute approximate surface area is 111 Å². The molecule has 0 unspecified atom stereocenters. The van der Waals surface area contributed by atoms with Gasteiger partial charge in [0, 0.05) is 37.5 Å². The summed E-state index contributed by atoms with van der Waals surface area (Å²) >= 11 is 0. The third kappa shape index (κ3) is 2.43. The molecule has 2 aromatic rings. The summed E-state index contributed by atoms with van der Waals surface area (Å²) in [6, 6.07) is 3.88. The first-order valence-electron chi connectivity index (χ1n) is 6.06. The number of rotatable bonds is 3. The fourth-order valence-electron chi connectivity index (χ4n) is 2.29. The van der Waals surface area contributed by atoms with Gasteiger partial charge < -0.3 is 9.09 Å². The van der Waals surface area contributed by atoms with E-state index >= 15 is 0 Å². The Morgan fingerprint density at radius 1 is 1.37 bits per heavy atom. The third-order valence-electron chi connectivity index (χ3n) is 3.34. The van der Waals surface area contributed by atoms with Crippen LogP contribution in [0.1, 0.15) is 17.0 Å². The van der Waals surface area contributed by atoms with Crippen molar-refractivity contribution in [3.8, 4) is 0 Å². The molecule has 2 aromatic heterocycles. The van der Waals surface area contributed by atoms with Crippen molar-refractivity contribution in [1.29, 1.82) is 0 Å². The Bertz CT molecular complexity index is 673. The highest BCUT2D eigenvalue weighted by Crippen LogP contribution is 2.24. The van der Waals surface area contributed by atoms with Crippen LogP contribution < -0.4 is 0 Å². The molecule has 19 heavy (non-hydrogen) atoms. The Kier molecular flexibility index (Phi) is 2.94. The van der Waals surface area contributed by atoms with Crippen LogP contribution in [0.4, 0.5) is 0 Å². The second-order valence-electron chi connectivity index (χ2n) is 4.73. The van der Waals surface area contributed by atoms with Gasteiger partial charge in [0.2, 0.25) is 10.0 Å². The monoisotopic (exact) mass is 281 g/mol. The van der Waals surface area contributed by atoms with Gasteiger partial charge in [0.15, 0.2) is 0 Å². The lowest BCUT2D eigenvalue weighted by Gasteiger charge is -2.23. The van der Waals surface area contributed by atoms with Crippen LogP contribution in [-0.4, -0.2) is 35.2 Å². The molecule has 0 spiro atoms. The molecule has 0 amide bonds. The van der Waals surface area contributed by atoms with Crippen LogP contribution in [0.5, 0.6) is 0 Å². The molecule has 0 N–H and O–H groups in total. The van der Waals surface area contributed by atoms with Crippen LogP contribution in [0.25, 0.3) is 0 Å². The maximum Gasteiger partial charge on any atom is 0.211 e. The van der Waals surface area contributed by atoms with Crippen molar-refractivity contribution in [2.45, 2.75) is 19.5 Å². The van der Waals surface area contributed by atoms with Crippen molar-refractivity contribution in [1.82, 2.24) is 14.0 Å². The van der Waals surface area contributed by atoms with E-state index in [1.54, 1.807) is 0 Å². The first kappa shape index (κ1) is 12.4. The summed E-state index contributed by atoms with van der Waals surface area (Å²) in [6.07, 6.45) is 5.70. The second kappa shape index (κ2) is 4.50. The highest BCUT2D eigenvalue weighted by molar-refractivity contribution is 7.88. The maximum absolute atomic E-state index is 11.6. The molecule has 0 aromatic carbocycles. The number of nitrogens with zero attached hydrogens (tertiary/aromatic N) is 3. The number of fused-ring (bicyclic) bond motifs is 1. The molecule has 3 rings (SSSR count). The van der Waals surface area contributed by atoms with E-state index in [1.807, 2.05) is 29.1 Å². The Morgan fingerprint density at radius 3 is 2.79 bits per heavy atom. The van der Waals surface area contributed by atoms with Gasteiger partial charge in [-0.25, -0.2) is 8.42 Å². The Hall–Kier alpha value is -1.60. The number of hydrogen-bond acceptors (Lipinski definition) is 4.